The van der Waals surface area contributed by atoms with Crippen molar-refractivity contribution in [3.63, 3.8) is 0 Å². The first-order chi connectivity index (χ1) is 15.8. The highest BCUT2D eigenvalue weighted by Gasteiger charge is 2.61. The second-order valence-electron chi connectivity index (χ2n) is 11.1. The third-order valence-corrected chi connectivity index (χ3v) is 9.36. The number of piperazine rings is 1. The molecule has 3 fully saturated rings. The molecule has 6 rings (SSSR count). The second-order valence-corrected chi connectivity index (χ2v) is 11.1. The van der Waals surface area contributed by atoms with Crippen molar-refractivity contribution in [2.24, 2.45) is 16.7 Å². The summed E-state index contributed by atoms with van der Waals surface area (Å²) in [5.41, 5.74) is 2.60. The number of imidazole rings is 1. The van der Waals surface area contributed by atoms with Crippen LogP contribution >= 0.6 is 0 Å². The summed E-state index contributed by atoms with van der Waals surface area (Å²) in [7, 11) is 0. The van der Waals surface area contributed by atoms with Crippen molar-refractivity contribution in [1.82, 2.24) is 24.6 Å². The Balaban J connectivity index is 1.06. The Morgan fingerprint density at radius 3 is 2.61 bits per heavy atom. The lowest BCUT2D eigenvalue weighted by molar-refractivity contribution is -0.124. The summed E-state index contributed by atoms with van der Waals surface area (Å²) >= 11 is 0. The largest absolute Gasteiger partial charge is 0.354 e. The molecule has 3 aromatic rings. The van der Waals surface area contributed by atoms with Crippen LogP contribution < -0.4 is 10.2 Å². The topological polar surface area (TPSA) is 65.8 Å². The predicted octanol–water partition coefficient (Wildman–Crippen LogP) is 3.34. The molecule has 0 radical (unpaired) electrons. The van der Waals surface area contributed by atoms with Crippen molar-refractivity contribution in [3.05, 3.63) is 36.5 Å². The van der Waals surface area contributed by atoms with Crippen molar-refractivity contribution < 1.29 is 4.79 Å². The smallest absolute Gasteiger partial charge is 0.236 e. The highest BCUT2D eigenvalue weighted by Crippen LogP contribution is 2.65. The molecule has 2 saturated carbocycles. The van der Waals surface area contributed by atoms with Gasteiger partial charge in [0, 0.05) is 38.4 Å². The number of benzene rings is 1. The van der Waals surface area contributed by atoms with E-state index >= 15 is 0 Å². The first kappa shape index (κ1) is 20.9. The molecule has 7 nitrogen and oxygen atoms in total. The fourth-order valence-electron chi connectivity index (χ4n) is 6.71. The summed E-state index contributed by atoms with van der Waals surface area (Å²) in [5, 5.41) is 3.41. The number of carbonyl (C=O) groups excluding carboxylic acids is 1. The average Bonchev–Trinajstić information content (AvgIpc) is 3.35. The first-order valence-electron chi connectivity index (χ1n) is 12.4. The number of aromatic nitrogens is 3. The molecule has 3 atom stereocenters. The number of amides is 1. The normalized spacial score (nSPS) is 29.2. The van der Waals surface area contributed by atoms with Gasteiger partial charge >= 0.3 is 0 Å². The van der Waals surface area contributed by atoms with E-state index in [0.717, 1.165) is 61.1 Å². The molecule has 3 aliphatic rings. The van der Waals surface area contributed by atoms with Gasteiger partial charge < -0.3 is 10.2 Å². The molecule has 1 amide bonds. The van der Waals surface area contributed by atoms with Crippen molar-refractivity contribution >= 4 is 28.5 Å². The number of rotatable bonds is 4. The molecular formula is C26H34N6O. The number of para-hydroxylation sites is 2. The maximum Gasteiger partial charge on any atom is 0.236 e. The molecule has 3 heterocycles. The Morgan fingerprint density at radius 1 is 1.09 bits per heavy atom. The van der Waals surface area contributed by atoms with E-state index in [0.29, 0.717) is 18.0 Å². The molecule has 3 unspecified atom stereocenters. The Hall–Kier alpha value is -2.67. The number of fused-ring (bicyclic) bond motifs is 5. The molecule has 1 aromatic carbocycles. The number of nitrogens with zero attached hydrogens (tertiary/aromatic N) is 5. The van der Waals surface area contributed by atoms with Crippen molar-refractivity contribution in [2.45, 2.75) is 46.1 Å². The van der Waals surface area contributed by atoms with Crippen LogP contribution in [0, 0.1) is 16.7 Å². The minimum Gasteiger partial charge on any atom is -0.354 e. The third-order valence-electron chi connectivity index (χ3n) is 9.36. The van der Waals surface area contributed by atoms with Gasteiger partial charge in [-0.2, -0.15) is 4.98 Å². The van der Waals surface area contributed by atoms with E-state index in [-0.39, 0.29) is 11.3 Å². The van der Waals surface area contributed by atoms with Crippen LogP contribution in [0.2, 0.25) is 0 Å². The van der Waals surface area contributed by atoms with Crippen LogP contribution in [0.4, 0.5) is 5.82 Å². The molecule has 1 N–H and O–H groups in total. The van der Waals surface area contributed by atoms with Crippen LogP contribution in [0.5, 0.6) is 0 Å². The summed E-state index contributed by atoms with van der Waals surface area (Å²) in [6.45, 7) is 11.1. The van der Waals surface area contributed by atoms with E-state index in [1.807, 2.05) is 22.6 Å². The molecular weight excluding hydrogens is 412 g/mol. The fourth-order valence-corrected chi connectivity index (χ4v) is 6.71. The highest BCUT2D eigenvalue weighted by molar-refractivity contribution is 5.80. The zero-order valence-electron chi connectivity index (χ0n) is 19.9. The summed E-state index contributed by atoms with van der Waals surface area (Å²) in [6.07, 6.45) is 5.74. The van der Waals surface area contributed by atoms with Crippen LogP contribution in [0.1, 0.15) is 40.0 Å². The summed E-state index contributed by atoms with van der Waals surface area (Å²) < 4.78 is 2.04. The summed E-state index contributed by atoms with van der Waals surface area (Å²) in [6, 6.07) is 10.5. The molecule has 33 heavy (non-hydrogen) atoms. The second kappa shape index (κ2) is 7.42. The monoisotopic (exact) mass is 446 g/mol. The Bertz CT molecular complexity index is 1210. The number of hydrogen-bond acceptors (Lipinski definition) is 5. The zero-order chi connectivity index (χ0) is 22.8. The molecule has 174 valence electrons. The van der Waals surface area contributed by atoms with E-state index in [2.05, 4.69) is 59.2 Å². The van der Waals surface area contributed by atoms with Gasteiger partial charge in [-0.1, -0.05) is 32.9 Å². The van der Waals surface area contributed by atoms with Gasteiger partial charge in [0.05, 0.1) is 17.6 Å². The average molecular weight is 447 g/mol. The quantitative estimate of drug-likeness (QED) is 0.666. The Kier molecular flexibility index (Phi) is 4.70. The summed E-state index contributed by atoms with van der Waals surface area (Å²) in [5.74, 6) is 2.62. The van der Waals surface area contributed by atoms with Crippen molar-refractivity contribution in [1.29, 1.82) is 0 Å². The number of carbonyl (C=O) groups is 1. The lowest BCUT2D eigenvalue weighted by Gasteiger charge is -2.40. The SMILES string of the molecule is CC1(C)C2CCC1(C)C(NC(=O)CN1CCN(c3ccn4c(n3)nc3ccccc34)CC1)C2. The van der Waals surface area contributed by atoms with Crippen molar-refractivity contribution in [2.75, 3.05) is 37.6 Å². The van der Waals surface area contributed by atoms with Gasteiger partial charge in [-0.05, 0) is 54.2 Å². The van der Waals surface area contributed by atoms with E-state index < -0.39 is 0 Å². The lowest BCUT2D eigenvalue weighted by Crippen LogP contribution is -2.53. The van der Waals surface area contributed by atoms with Gasteiger partial charge in [-0.25, -0.2) is 4.98 Å². The number of anilines is 1. The van der Waals surface area contributed by atoms with Gasteiger partial charge in [0.1, 0.15) is 5.82 Å². The van der Waals surface area contributed by atoms with Crippen LogP contribution in [-0.2, 0) is 4.79 Å². The van der Waals surface area contributed by atoms with Crippen LogP contribution in [0.3, 0.4) is 0 Å². The van der Waals surface area contributed by atoms with Crippen LogP contribution in [0.15, 0.2) is 36.5 Å². The minimum absolute atomic E-state index is 0.182. The van der Waals surface area contributed by atoms with Gasteiger partial charge in [0.25, 0.3) is 0 Å². The van der Waals surface area contributed by atoms with E-state index in [9.17, 15) is 4.79 Å². The summed E-state index contributed by atoms with van der Waals surface area (Å²) in [4.78, 5) is 26.9. The molecule has 1 aliphatic heterocycles. The molecule has 2 aliphatic carbocycles. The van der Waals surface area contributed by atoms with Gasteiger partial charge in [0.15, 0.2) is 0 Å². The van der Waals surface area contributed by atoms with E-state index in [1.165, 1.54) is 12.8 Å². The van der Waals surface area contributed by atoms with Gasteiger partial charge in [-0.15, -0.1) is 0 Å². The van der Waals surface area contributed by atoms with Gasteiger partial charge in [0.2, 0.25) is 11.7 Å². The number of nitrogens with one attached hydrogen (secondary N) is 1. The maximum absolute atomic E-state index is 12.9. The van der Waals surface area contributed by atoms with E-state index in [4.69, 9.17) is 4.98 Å². The Morgan fingerprint density at radius 2 is 1.88 bits per heavy atom. The standard InChI is InChI=1S/C26H34N6O/c1-25(2)18-8-10-26(25,3)21(16-18)28-23(33)17-30-12-14-31(15-13-30)22-9-11-32-20-7-5-4-6-19(20)27-24(32)29-22/h4-7,9,11,18,21H,8,10,12-17H2,1-3H3,(H,28,33). The Labute approximate surface area is 195 Å². The van der Waals surface area contributed by atoms with E-state index in [1.54, 1.807) is 0 Å². The predicted molar refractivity (Wildman–Crippen MR) is 130 cm³/mol. The number of hydrogen-bond donors (Lipinski definition) is 1. The third kappa shape index (κ3) is 3.23. The van der Waals surface area contributed by atoms with Crippen LogP contribution in [0.25, 0.3) is 16.8 Å². The van der Waals surface area contributed by atoms with Crippen LogP contribution in [-0.4, -0.2) is 63.9 Å². The highest BCUT2D eigenvalue weighted by atomic mass is 16.2. The molecule has 2 aromatic heterocycles. The molecule has 7 heteroatoms. The zero-order valence-corrected chi connectivity index (χ0v) is 19.9. The van der Waals surface area contributed by atoms with Gasteiger partial charge in [-0.3, -0.25) is 14.1 Å². The minimum atomic E-state index is 0.182. The fraction of sp³-hybridized carbons (Fsp3) is 0.577. The van der Waals surface area contributed by atoms with Crippen molar-refractivity contribution in [3.8, 4) is 0 Å². The maximum atomic E-state index is 12.9. The lowest BCUT2D eigenvalue weighted by atomic mass is 9.69. The molecule has 1 saturated heterocycles. The molecule has 0 spiro atoms. The first-order valence-corrected chi connectivity index (χ1v) is 12.4. The molecule has 2 bridgehead atoms.